The molecule has 0 amide bonds. The van der Waals surface area contributed by atoms with Crippen molar-refractivity contribution in [1.82, 2.24) is 4.98 Å². The number of ether oxygens (including phenoxy) is 1. The molecule has 8 nitrogen and oxygen atoms in total. The lowest BCUT2D eigenvalue weighted by Gasteiger charge is -2.33. The molecule has 0 bridgehead atoms. The number of nitro groups is 1. The van der Waals surface area contributed by atoms with Gasteiger partial charge in [0.05, 0.1) is 10.3 Å². The van der Waals surface area contributed by atoms with Crippen LogP contribution in [0.3, 0.4) is 0 Å². The Kier molecular flexibility index (Phi) is 4.37. The number of anilines is 1. The van der Waals surface area contributed by atoms with Gasteiger partial charge in [0.2, 0.25) is 0 Å². The number of nitrogens with one attached hydrogen (secondary N) is 1. The minimum Gasteiger partial charge on any atom is -0.481 e. The zero-order valence-corrected chi connectivity index (χ0v) is 11.7. The van der Waals surface area contributed by atoms with Crippen molar-refractivity contribution in [2.45, 2.75) is 19.8 Å². The van der Waals surface area contributed by atoms with Crippen LogP contribution in [-0.4, -0.2) is 40.7 Å². The van der Waals surface area contributed by atoms with Crippen LogP contribution >= 0.6 is 0 Å². The molecule has 1 aromatic rings. The van der Waals surface area contributed by atoms with Gasteiger partial charge in [-0.15, -0.1) is 0 Å². The zero-order valence-electron chi connectivity index (χ0n) is 11.7. The highest BCUT2D eigenvalue weighted by Crippen LogP contribution is 2.31. The highest BCUT2D eigenvalue weighted by Gasteiger charge is 2.40. The molecule has 2 rings (SSSR count). The molecule has 1 aliphatic rings. The lowest BCUT2D eigenvalue weighted by molar-refractivity contribution is -0.385. The Morgan fingerprint density at radius 3 is 2.76 bits per heavy atom. The van der Waals surface area contributed by atoms with Gasteiger partial charge < -0.3 is 15.2 Å². The smallest absolute Gasteiger partial charge is 0.311 e. The van der Waals surface area contributed by atoms with Crippen LogP contribution in [0.4, 0.5) is 11.5 Å². The average Bonchev–Trinajstić information content (AvgIpc) is 2.45. The number of aryl methyl sites for hydroxylation is 1. The first-order valence-electron chi connectivity index (χ1n) is 6.61. The first-order chi connectivity index (χ1) is 9.94. The molecule has 0 atom stereocenters. The van der Waals surface area contributed by atoms with Crippen LogP contribution in [0.5, 0.6) is 0 Å². The number of rotatable bonds is 5. The second-order valence-electron chi connectivity index (χ2n) is 5.16. The summed E-state index contributed by atoms with van der Waals surface area (Å²) in [6.07, 6.45) is 2.04. The van der Waals surface area contributed by atoms with Crippen LogP contribution in [0.15, 0.2) is 12.3 Å². The molecule has 1 aromatic heterocycles. The molecule has 0 spiro atoms. The molecule has 0 aromatic carbocycles. The van der Waals surface area contributed by atoms with E-state index < -0.39 is 16.3 Å². The van der Waals surface area contributed by atoms with Crippen LogP contribution in [0.2, 0.25) is 0 Å². The number of carboxylic acids is 1. The Labute approximate surface area is 121 Å². The Hall–Kier alpha value is -2.22. The maximum absolute atomic E-state index is 11.5. The number of hydrogen-bond donors (Lipinski definition) is 2. The van der Waals surface area contributed by atoms with E-state index >= 15 is 0 Å². The average molecular weight is 295 g/mol. The van der Waals surface area contributed by atoms with E-state index in [4.69, 9.17) is 4.74 Å². The van der Waals surface area contributed by atoms with Gasteiger partial charge in [-0.1, -0.05) is 0 Å². The fourth-order valence-electron chi connectivity index (χ4n) is 2.32. The fraction of sp³-hybridized carbons (Fsp3) is 0.538. The van der Waals surface area contributed by atoms with Crippen LogP contribution in [0.25, 0.3) is 0 Å². The number of hydrogen-bond acceptors (Lipinski definition) is 6. The maximum Gasteiger partial charge on any atom is 0.311 e. The molecule has 0 radical (unpaired) electrons. The highest BCUT2D eigenvalue weighted by atomic mass is 16.6. The van der Waals surface area contributed by atoms with Crippen LogP contribution < -0.4 is 5.32 Å². The van der Waals surface area contributed by atoms with Gasteiger partial charge in [0.1, 0.15) is 12.0 Å². The summed E-state index contributed by atoms with van der Waals surface area (Å²) in [6, 6.07) is 1.55. The van der Waals surface area contributed by atoms with Crippen molar-refractivity contribution < 1.29 is 19.6 Å². The Morgan fingerprint density at radius 2 is 2.24 bits per heavy atom. The summed E-state index contributed by atoms with van der Waals surface area (Å²) in [4.78, 5) is 25.7. The summed E-state index contributed by atoms with van der Waals surface area (Å²) in [7, 11) is 0. The summed E-state index contributed by atoms with van der Waals surface area (Å²) in [5.41, 5.74) is -0.455. The summed E-state index contributed by atoms with van der Waals surface area (Å²) in [6.45, 7) is 2.67. The Bertz CT molecular complexity index is 555. The van der Waals surface area contributed by atoms with E-state index in [9.17, 15) is 20.0 Å². The molecule has 0 aliphatic carbocycles. The van der Waals surface area contributed by atoms with Gasteiger partial charge in [-0.05, 0) is 25.8 Å². The van der Waals surface area contributed by atoms with Crippen molar-refractivity contribution >= 4 is 17.5 Å². The quantitative estimate of drug-likeness (QED) is 0.626. The van der Waals surface area contributed by atoms with Gasteiger partial charge >= 0.3 is 5.97 Å². The molecule has 1 saturated heterocycles. The molecule has 8 heteroatoms. The predicted molar refractivity (Wildman–Crippen MR) is 74.2 cm³/mol. The van der Waals surface area contributed by atoms with Gasteiger partial charge in [-0.2, -0.15) is 0 Å². The first-order valence-corrected chi connectivity index (χ1v) is 6.61. The third kappa shape index (κ3) is 3.27. The maximum atomic E-state index is 11.5. The fourth-order valence-corrected chi connectivity index (χ4v) is 2.32. The van der Waals surface area contributed by atoms with Crippen molar-refractivity contribution in [2.24, 2.45) is 5.41 Å². The Morgan fingerprint density at radius 1 is 1.57 bits per heavy atom. The van der Waals surface area contributed by atoms with E-state index in [2.05, 4.69) is 10.3 Å². The van der Waals surface area contributed by atoms with Crippen molar-refractivity contribution in [3.63, 3.8) is 0 Å². The topological polar surface area (TPSA) is 115 Å². The monoisotopic (exact) mass is 295 g/mol. The predicted octanol–water partition coefficient (Wildman–Crippen LogP) is 1.59. The lowest BCUT2D eigenvalue weighted by atomic mass is 9.80. The van der Waals surface area contributed by atoms with Crippen molar-refractivity contribution in [1.29, 1.82) is 0 Å². The van der Waals surface area contributed by atoms with Crippen molar-refractivity contribution in [3.8, 4) is 0 Å². The van der Waals surface area contributed by atoms with Crippen LogP contribution in [0, 0.1) is 22.5 Å². The lowest BCUT2D eigenvalue weighted by Crippen LogP contribution is -2.42. The van der Waals surface area contributed by atoms with Crippen LogP contribution in [-0.2, 0) is 9.53 Å². The van der Waals surface area contributed by atoms with Crippen molar-refractivity contribution in [3.05, 3.63) is 27.9 Å². The minimum atomic E-state index is -0.879. The van der Waals surface area contributed by atoms with E-state index in [1.165, 1.54) is 6.20 Å². The molecule has 2 N–H and O–H groups in total. The standard InChI is InChI=1S/C13H17N3O5/c1-9-6-11(14-7-10(9)16(19)20)15-8-13(12(17)18)2-4-21-5-3-13/h6-7H,2-5,8H2,1H3,(H,14,15)(H,17,18). The number of pyridine rings is 1. The van der Waals surface area contributed by atoms with Gasteiger partial charge in [-0.3, -0.25) is 14.9 Å². The highest BCUT2D eigenvalue weighted by molar-refractivity contribution is 5.75. The number of carboxylic acid groups (broad SMARTS) is 1. The van der Waals surface area contributed by atoms with E-state index in [0.29, 0.717) is 37.4 Å². The molecule has 1 aliphatic heterocycles. The van der Waals surface area contributed by atoms with Gasteiger partial charge in [0.25, 0.3) is 5.69 Å². The zero-order chi connectivity index (χ0) is 15.5. The second-order valence-corrected chi connectivity index (χ2v) is 5.16. The molecule has 0 unspecified atom stereocenters. The third-order valence-corrected chi connectivity index (χ3v) is 3.79. The van der Waals surface area contributed by atoms with Gasteiger partial charge in [0, 0.05) is 25.3 Å². The molecule has 114 valence electrons. The van der Waals surface area contributed by atoms with E-state index in [1.54, 1.807) is 13.0 Å². The minimum absolute atomic E-state index is 0.0560. The summed E-state index contributed by atoms with van der Waals surface area (Å²) >= 11 is 0. The van der Waals surface area contributed by atoms with E-state index in [-0.39, 0.29) is 12.2 Å². The molecule has 2 heterocycles. The summed E-state index contributed by atoms with van der Waals surface area (Å²) in [5, 5.41) is 23.1. The molecule has 0 saturated carbocycles. The molecule has 1 fully saturated rings. The second kappa shape index (κ2) is 6.04. The Balaban J connectivity index is 2.09. The van der Waals surface area contributed by atoms with Crippen LogP contribution in [0.1, 0.15) is 18.4 Å². The SMILES string of the molecule is Cc1cc(NCC2(C(=O)O)CCOCC2)ncc1[N+](=O)[O-]. The summed E-state index contributed by atoms with van der Waals surface area (Å²) in [5.74, 6) is -0.429. The molecular formula is C13H17N3O5. The summed E-state index contributed by atoms with van der Waals surface area (Å²) < 4.78 is 5.21. The normalized spacial score (nSPS) is 17.2. The largest absolute Gasteiger partial charge is 0.481 e. The van der Waals surface area contributed by atoms with Gasteiger partial charge in [-0.25, -0.2) is 4.98 Å². The molecular weight excluding hydrogens is 278 g/mol. The van der Waals surface area contributed by atoms with Crippen molar-refractivity contribution in [2.75, 3.05) is 25.1 Å². The molecule has 21 heavy (non-hydrogen) atoms. The number of aromatic nitrogens is 1. The number of aliphatic carboxylic acids is 1. The number of carbonyl (C=O) groups is 1. The van der Waals surface area contributed by atoms with Gasteiger partial charge in [0.15, 0.2) is 0 Å². The number of nitrogens with zero attached hydrogens (tertiary/aromatic N) is 2. The van der Waals surface area contributed by atoms with E-state index in [1.807, 2.05) is 0 Å². The van der Waals surface area contributed by atoms with E-state index in [0.717, 1.165) is 0 Å². The first kappa shape index (κ1) is 15.2. The third-order valence-electron chi connectivity index (χ3n) is 3.79.